The van der Waals surface area contributed by atoms with Gasteiger partial charge in [0.15, 0.2) is 5.16 Å². The second kappa shape index (κ2) is 6.27. The van der Waals surface area contributed by atoms with Crippen LogP contribution in [0.4, 0.5) is 0 Å². The first-order valence-corrected chi connectivity index (χ1v) is 10.4. The van der Waals surface area contributed by atoms with Gasteiger partial charge < -0.3 is 4.90 Å². The number of rotatable bonds is 3. The molecule has 5 rings (SSSR count). The van der Waals surface area contributed by atoms with Gasteiger partial charge in [-0.15, -0.1) is 0 Å². The maximum absolute atomic E-state index is 13.4. The van der Waals surface area contributed by atoms with Crippen LogP contribution in [0.5, 0.6) is 0 Å². The number of hydrogen-bond acceptors (Lipinski definition) is 4. The van der Waals surface area contributed by atoms with Gasteiger partial charge in [-0.2, -0.15) is 0 Å². The minimum atomic E-state index is -0.181. The number of thioether (sulfide) groups is 1. The molecular weight excluding hydrogens is 346 g/mol. The third kappa shape index (κ3) is 2.58. The molecule has 1 amide bonds. The van der Waals surface area contributed by atoms with E-state index in [1.807, 2.05) is 4.90 Å². The van der Waals surface area contributed by atoms with Gasteiger partial charge in [-0.25, -0.2) is 4.98 Å². The highest BCUT2D eigenvalue weighted by Gasteiger charge is 2.40. The summed E-state index contributed by atoms with van der Waals surface area (Å²) in [6.45, 7) is 0.642. The minimum Gasteiger partial charge on any atom is -0.328 e. The van der Waals surface area contributed by atoms with Crippen LogP contribution in [0.15, 0.2) is 40.4 Å². The van der Waals surface area contributed by atoms with Crippen molar-refractivity contribution in [1.29, 1.82) is 0 Å². The van der Waals surface area contributed by atoms with Crippen molar-refractivity contribution in [1.82, 2.24) is 14.5 Å². The fourth-order valence-electron chi connectivity index (χ4n) is 4.24. The standard InChI is InChI=1S/C20H21N3O2S/c24-18-16(12-21-20-22(18)10-11-26-20)19(25)23(14-8-9-14)17-7-3-5-13-4-1-2-6-15(13)17/h1-2,4,6,12,14,17H,3,5,7-11H2. The lowest BCUT2D eigenvalue weighted by Crippen LogP contribution is -2.41. The predicted octanol–water partition coefficient (Wildman–Crippen LogP) is 3.03. The Bertz CT molecular complexity index is 935. The molecule has 1 aromatic carbocycles. The Kier molecular flexibility index (Phi) is 3.89. The number of benzene rings is 1. The Balaban J connectivity index is 1.55. The highest BCUT2D eigenvalue weighted by Crippen LogP contribution is 2.41. The molecule has 1 fully saturated rings. The first kappa shape index (κ1) is 16.1. The van der Waals surface area contributed by atoms with Gasteiger partial charge in [0.05, 0.1) is 6.04 Å². The maximum Gasteiger partial charge on any atom is 0.267 e. The Hall–Kier alpha value is -2.08. The van der Waals surface area contributed by atoms with Crippen molar-refractivity contribution in [2.45, 2.75) is 55.9 Å². The number of carbonyl (C=O) groups excluding carboxylic acids is 1. The second-order valence-electron chi connectivity index (χ2n) is 7.31. The normalized spacial score (nSPS) is 21.2. The molecule has 2 heterocycles. The van der Waals surface area contributed by atoms with Crippen molar-refractivity contribution in [3.63, 3.8) is 0 Å². The minimum absolute atomic E-state index is 0.0759. The zero-order chi connectivity index (χ0) is 17.7. The third-order valence-electron chi connectivity index (χ3n) is 5.64. The first-order chi connectivity index (χ1) is 12.7. The fraction of sp³-hybridized carbons (Fsp3) is 0.450. The molecule has 2 aliphatic carbocycles. The van der Waals surface area contributed by atoms with Crippen molar-refractivity contribution < 1.29 is 4.79 Å². The predicted molar refractivity (Wildman–Crippen MR) is 101 cm³/mol. The first-order valence-electron chi connectivity index (χ1n) is 9.37. The SMILES string of the molecule is O=C(c1cnc2n(c1=O)CCS2)N(C1CC1)C1CCCc2ccccc21. The molecule has 1 saturated carbocycles. The molecule has 3 aliphatic rings. The van der Waals surface area contributed by atoms with Gasteiger partial charge >= 0.3 is 0 Å². The average Bonchev–Trinajstić information content (AvgIpc) is 3.37. The van der Waals surface area contributed by atoms with Crippen LogP contribution in [0, 0.1) is 0 Å². The quantitative estimate of drug-likeness (QED) is 0.783. The van der Waals surface area contributed by atoms with E-state index in [9.17, 15) is 9.59 Å². The number of aryl methyl sites for hydroxylation is 1. The number of hydrogen-bond donors (Lipinski definition) is 0. The second-order valence-corrected chi connectivity index (χ2v) is 8.37. The molecule has 5 nitrogen and oxygen atoms in total. The largest absolute Gasteiger partial charge is 0.328 e. The molecule has 1 atom stereocenters. The molecule has 1 aromatic heterocycles. The highest BCUT2D eigenvalue weighted by atomic mass is 32.2. The summed E-state index contributed by atoms with van der Waals surface area (Å²) in [7, 11) is 0. The van der Waals surface area contributed by atoms with E-state index in [4.69, 9.17) is 0 Å². The highest BCUT2D eigenvalue weighted by molar-refractivity contribution is 7.99. The van der Waals surface area contributed by atoms with Crippen LogP contribution in [0.1, 0.15) is 53.2 Å². The Morgan fingerprint density at radius 1 is 1.23 bits per heavy atom. The van der Waals surface area contributed by atoms with Crippen LogP contribution in [0.3, 0.4) is 0 Å². The third-order valence-corrected chi connectivity index (χ3v) is 6.61. The van der Waals surface area contributed by atoms with Crippen LogP contribution in [0.2, 0.25) is 0 Å². The van der Waals surface area contributed by atoms with Gasteiger partial charge in [0.1, 0.15) is 5.56 Å². The number of amides is 1. The van der Waals surface area contributed by atoms with Gasteiger partial charge in [-0.05, 0) is 43.2 Å². The smallest absolute Gasteiger partial charge is 0.267 e. The van der Waals surface area contributed by atoms with Gasteiger partial charge in [0.2, 0.25) is 0 Å². The van der Waals surface area contributed by atoms with Crippen molar-refractivity contribution in [3.05, 3.63) is 57.5 Å². The van der Waals surface area contributed by atoms with E-state index in [-0.39, 0.29) is 29.1 Å². The molecule has 2 aromatic rings. The summed E-state index contributed by atoms with van der Waals surface area (Å²) in [6, 6.07) is 8.76. The number of carbonyl (C=O) groups is 1. The monoisotopic (exact) mass is 367 g/mol. The number of nitrogens with zero attached hydrogens (tertiary/aromatic N) is 3. The van der Waals surface area contributed by atoms with E-state index in [1.165, 1.54) is 17.3 Å². The van der Waals surface area contributed by atoms with E-state index in [1.54, 1.807) is 16.3 Å². The van der Waals surface area contributed by atoms with Crippen molar-refractivity contribution in [3.8, 4) is 0 Å². The van der Waals surface area contributed by atoms with Crippen LogP contribution >= 0.6 is 11.8 Å². The summed E-state index contributed by atoms with van der Waals surface area (Å²) >= 11 is 1.58. The Morgan fingerprint density at radius 2 is 2.08 bits per heavy atom. The molecular formula is C20H21N3O2S. The van der Waals surface area contributed by atoms with E-state index >= 15 is 0 Å². The summed E-state index contributed by atoms with van der Waals surface area (Å²) in [6.07, 6.45) is 6.67. The Morgan fingerprint density at radius 3 is 2.92 bits per heavy atom. The molecule has 0 saturated heterocycles. The van der Waals surface area contributed by atoms with E-state index < -0.39 is 0 Å². The zero-order valence-electron chi connectivity index (χ0n) is 14.6. The lowest BCUT2D eigenvalue weighted by Gasteiger charge is -2.36. The number of fused-ring (bicyclic) bond motifs is 2. The lowest BCUT2D eigenvalue weighted by atomic mass is 9.86. The van der Waals surface area contributed by atoms with Crippen molar-refractivity contribution in [2.24, 2.45) is 0 Å². The summed E-state index contributed by atoms with van der Waals surface area (Å²) in [5.41, 5.74) is 2.64. The summed E-state index contributed by atoms with van der Waals surface area (Å²) in [5.74, 6) is 0.710. The molecule has 26 heavy (non-hydrogen) atoms. The molecule has 0 bridgehead atoms. The van der Waals surface area contributed by atoms with Gasteiger partial charge in [-0.1, -0.05) is 36.0 Å². The van der Waals surface area contributed by atoms with E-state index in [0.717, 1.165) is 43.0 Å². The average molecular weight is 367 g/mol. The fourth-order valence-corrected chi connectivity index (χ4v) is 5.15. The Labute approximate surface area is 156 Å². The van der Waals surface area contributed by atoms with Gasteiger partial charge in [0.25, 0.3) is 11.5 Å². The van der Waals surface area contributed by atoms with Crippen LogP contribution in [-0.2, 0) is 13.0 Å². The van der Waals surface area contributed by atoms with Gasteiger partial charge in [-0.3, -0.25) is 14.2 Å². The summed E-state index contributed by atoms with van der Waals surface area (Å²) in [5, 5.41) is 0.729. The molecule has 6 heteroatoms. The van der Waals surface area contributed by atoms with Crippen molar-refractivity contribution >= 4 is 17.7 Å². The van der Waals surface area contributed by atoms with Crippen molar-refractivity contribution in [2.75, 3.05) is 5.75 Å². The topological polar surface area (TPSA) is 55.2 Å². The molecule has 1 unspecified atom stereocenters. The summed E-state index contributed by atoms with van der Waals surface area (Å²) in [4.78, 5) is 32.6. The van der Waals surface area contributed by atoms with Crippen LogP contribution in [-0.4, -0.2) is 32.2 Å². The summed E-state index contributed by atoms with van der Waals surface area (Å²) < 4.78 is 1.65. The lowest BCUT2D eigenvalue weighted by molar-refractivity contribution is 0.0634. The number of aromatic nitrogens is 2. The van der Waals surface area contributed by atoms with Crippen LogP contribution < -0.4 is 5.56 Å². The molecule has 0 spiro atoms. The van der Waals surface area contributed by atoms with E-state index in [2.05, 4.69) is 29.2 Å². The molecule has 0 N–H and O–H groups in total. The molecule has 134 valence electrons. The zero-order valence-corrected chi connectivity index (χ0v) is 15.4. The van der Waals surface area contributed by atoms with E-state index in [0.29, 0.717) is 6.54 Å². The van der Waals surface area contributed by atoms with Crippen LogP contribution in [0.25, 0.3) is 0 Å². The molecule has 1 aliphatic heterocycles. The maximum atomic E-state index is 13.4. The molecule has 0 radical (unpaired) electrons. The van der Waals surface area contributed by atoms with Gasteiger partial charge in [0, 0.05) is 24.5 Å².